The van der Waals surface area contributed by atoms with Gasteiger partial charge in [0.15, 0.2) is 0 Å². The van der Waals surface area contributed by atoms with Gasteiger partial charge in [-0.15, -0.1) is 0 Å². The lowest BCUT2D eigenvalue weighted by atomic mass is 9.92. The number of hydrogen-bond donors (Lipinski definition) is 1. The van der Waals surface area contributed by atoms with Crippen molar-refractivity contribution in [2.75, 3.05) is 6.54 Å². The highest BCUT2D eigenvalue weighted by atomic mass is 35.5. The van der Waals surface area contributed by atoms with Gasteiger partial charge in [0.05, 0.1) is 18.0 Å². The van der Waals surface area contributed by atoms with Gasteiger partial charge in [-0.1, -0.05) is 23.7 Å². The Balaban J connectivity index is 1.82. The second-order valence-corrected chi connectivity index (χ2v) is 6.10. The number of nitrogens with one attached hydrogen (secondary N) is 1. The molecule has 0 aliphatic carbocycles. The lowest BCUT2D eigenvalue weighted by Gasteiger charge is -2.13. The largest absolute Gasteiger partial charge is 0.460 e. The number of fused-ring (bicyclic) bond motifs is 1. The van der Waals surface area contributed by atoms with Crippen molar-refractivity contribution >= 4 is 17.5 Å². The maximum absolute atomic E-state index is 12.4. The molecule has 1 amide bonds. The fraction of sp³-hybridized carbons (Fsp3) is 0.167. The SMILES string of the molecule is O=C1NCCC(c2ccc(Cl)cc2)c2oc(-c3ccnnc3)cc21. The fourth-order valence-electron chi connectivity index (χ4n) is 2.99. The van der Waals surface area contributed by atoms with Gasteiger partial charge in [-0.05, 0) is 36.2 Å². The van der Waals surface area contributed by atoms with Crippen molar-refractivity contribution in [1.29, 1.82) is 0 Å². The molecule has 1 aromatic carbocycles. The molecule has 0 spiro atoms. The van der Waals surface area contributed by atoms with Crippen molar-refractivity contribution < 1.29 is 9.21 Å². The van der Waals surface area contributed by atoms with Gasteiger partial charge in [0, 0.05) is 23.0 Å². The zero-order valence-corrected chi connectivity index (χ0v) is 13.5. The molecular weight excluding hydrogens is 326 g/mol. The van der Waals surface area contributed by atoms with Gasteiger partial charge in [-0.25, -0.2) is 0 Å². The third-order valence-corrected chi connectivity index (χ3v) is 4.43. The normalized spacial score (nSPS) is 17.0. The van der Waals surface area contributed by atoms with E-state index in [4.69, 9.17) is 16.0 Å². The highest BCUT2D eigenvalue weighted by Crippen LogP contribution is 2.37. The molecular formula is C18H14ClN3O2. The molecule has 0 fully saturated rings. The van der Waals surface area contributed by atoms with E-state index in [0.717, 1.165) is 17.5 Å². The van der Waals surface area contributed by atoms with Gasteiger partial charge >= 0.3 is 0 Å². The minimum atomic E-state index is -0.113. The molecule has 24 heavy (non-hydrogen) atoms. The molecule has 0 saturated carbocycles. The first-order valence-corrected chi connectivity index (χ1v) is 8.04. The first-order valence-electron chi connectivity index (χ1n) is 7.67. The molecule has 0 radical (unpaired) electrons. The average Bonchev–Trinajstić information content (AvgIpc) is 2.99. The summed E-state index contributed by atoms with van der Waals surface area (Å²) in [6.45, 7) is 0.600. The lowest BCUT2D eigenvalue weighted by molar-refractivity contribution is 0.0955. The Bertz CT molecular complexity index is 875. The topological polar surface area (TPSA) is 68.0 Å². The van der Waals surface area contributed by atoms with Gasteiger partial charge in [0.1, 0.15) is 11.5 Å². The quantitative estimate of drug-likeness (QED) is 0.773. The second-order valence-electron chi connectivity index (χ2n) is 5.67. The maximum Gasteiger partial charge on any atom is 0.254 e. The number of furan rings is 1. The molecule has 3 heterocycles. The zero-order valence-electron chi connectivity index (χ0n) is 12.7. The third-order valence-electron chi connectivity index (χ3n) is 4.18. The minimum Gasteiger partial charge on any atom is -0.460 e. The van der Waals surface area contributed by atoms with Crippen LogP contribution in [0.5, 0.6) is 0 Å². The summed E-state index contributed by atoms with van der Waals surface area (Å²) in [6, 6.07) is 11.2. The van der Waals surface area contributed by atoms with Gasteiger partial charge in [0.2, 0.25) is 0 Å². The summed E-state index contributed by atoms with van der Waals surface area (Å²) in [5, 5.41) is 11.2. The van der Waals surface area contributed by atoms with Gasteiger partial charge in [0.25, 0.3) is 5.91 Å². The van der Waals surface area contributed by atoms with E-state index in [2.05, 4.69) is 15.5 Å². The Kier molecular flexibility index (Phi) is 3.78. The molecule has 1 unspecified atom stereocenters. The zero-order chi connectivity index (χ0) is 16.5. The van der Waals surface area contributed by atoms with E-state index in [9.17, 15) is 4.79 Å². The van der Waals surface area contributed by atoms with Crippen LogP contribution in [-0.4, -0.2) is 22.6 Å². The van der Waals surface area contributed by atoms with Gasteiger partial charge in [-0.3, -0.25) is 4.79 Å². The van der Waals surface area contributed by atoms with Gasteiger partial charge in [-0.2, -0.15) is 10.2 Å². The Morgan fingerprint density at radius 3 is 2.75 bits per heavy atom. The Labute approximate surface area is 143 Å². The van der Waals surface area contributed by atoms with Gasteiger partial charge < -0.3 is 9.73 Å². The van der Waals surface area contributed by atoms with E-state index >= 15 is 0 Å². The monoisotopic (exact) mass is 339 g/mol. The van der Waals surface area contributed by atoms with Crippen LogP contribution in [0.4, 0.5) is 0 Å². The van der Waals surface area contributed by atoms with Crippen molar-refractivity contribution in [1.82, 2.24) is 15.5 Å². The molecule has 2 aromatic heterocycles. The lowest BCUT2D eigenvalue weighted by Crippen LogP contribution is -2.22. The number of benzene rings is 1. The van der Waals surface area contributed by atoms with E-state index in [0.29, 0.717) is 28.7 Å². The molecule has 120 valence electrons. The van der Waals surface area contributed by atoms with Crippen LogP contribution < -0.4 is 5.32 Å². The van der Waals surface area contributed by atoms with Crippen molar-refractivity contribution in [2.45, 2.75) is 12.3 Å². The van der Waals surface area contributed by atoms with Crippen molar-refractivity contribution in [3.63, 3.8) is 0 Å². The molecule has 5 nitrogen and oxygen atoms in total. The molecule has 1 aliphatic rings. The van der Waals surface area contributed by atoms with Crippen LogP contribution in [0.25, 0.3) is 11.3 Å². The highest BCUT2D eigenvalue weighted by Gasteiger charge is 2.29. The van der Waals surface area contributed by atoms with Crippen LogP contribution in [0.3, 0.4) is 0 Å². The number of hydrogen-bond acceptors (Lipinski definition) is 4. The fourth-order valence-corrected chi connectivity index (χ4v) is 3.12. The molecule has 1 N–H and O–H groups in total. The molecule has 1 atom stereocenters. The van der Waals surface area contributed by atoms with Crippen LogP contribution in [-0.2, 0) is 0 Å². The number of halogens is 1. The summed E-state index contributed by atoms with van der Waals surface area (Å²) < 4.78 is 6.08. The standard InChI is InChI=1S/C18H14ClN3O2/c19-13-3-1-11(2-4-13)14-6-7-20-18(23)15-9-16(24-17(14)15)12-5-8-21-22-10-12/h1-5,8-10,14H,6-7H2,(H,20,23). The van der Waals surface area contributed by atoms with Crippen LogP contribution in [0, 0.1) is 0 Å². The smallest absolute Gasteiger partial charge is 0.254 e. The number of nitrogens with zero attached hydrogens (tertiary/aromatic N) is 2. The van der Waals surface area contributed by atoms with E-state index in [1.54, 1.807) is 24.5 Å². The molecule has 6 heteroatoms. The Morgan fingerprint density at radius 2 is 2.00 bits per heavy atom. The predicted octanol–water partition coefficient (Wildman–Crippen LogP) is 3.66. The first-order chi connectivity index (χ1) is 11.7. The summed E-state index contributed by atoms with van der Waals surface area (Å²) in [6.07, 6.45) is 3.98. The maximum atomic E-state index is 12.4. The molecule has 0 saturated heterocycles. The van der Waals surface area contributed by atoms with Crippen molar-refractivity contribution in [3.8, 4) is 11.3 Å². The summed E-state index contributed by atoms with van der Waals surface area (Å²) in [4.78, 5) is 12.4. The van der Waals surface area contributed by atoms with Crippen LogP contribution in [0.1, 0.15) is 34.0 Å². The summed E-state index contributed by atoms with van der Waals surface area (Å²) in [5.74, 6) is 1.18. The number of carbonyl (C=O) groups is 1. The summed E-state index contributed by atoms with van der Waals surface area (Å²) in [5.41, 5.74) is 2.44. The Morgan fingerprint density at radius 1 is 1.17 bits per heavy atom. The summed E-state index contributed by atoms with van der Waals surface area (Å²) in [7, 11) is 0. The molecule has 3 aromatic rings. The number of aromatic nitrogens is 2. The van der Waals surface area contributed by atoms with Crippen LogP contribution >= 0.6 is 11.6 Å². The molecule has 1 aliphatic heterocycles. The summed E-state index contributed by atoms with van der Waals surface area (Å²) >= 11 is 5.99. The molecule has 4 rings (SSSR count). The number of amides is 1. The minimum absolute atomic E-state index is 0.000219. The molecule has 0 bridgehead atoms. The van der Waals surface area contributed by atoms with Crippen LogP contribution in [0.15, 0.2) is 53.2 Å². The van der Waals surface area contributed by atoms with Crippen molar-refractivity contribution in [3.05, 3.63) is 70.7 Å². The van der Waals surface area contributed by atoms with E-state index in [1.807, 2.05) is 24.3 Å². The first kappa shape index (κ1) is 14.9. The predicted molar refractivity (Wildman–Crippen MR) is 90.0 cm³/mol. The Hall–Kier alpha value is -2.66. The third kappa shape index (κ3) is 2.67. The van der Waals surface area contributed by atoms with Crippen molar-refractivity contribution in [2.24, 2.45) is 0 Å². The van der Waals surface area contributed by atoms with E-state index < -0.39 is 0 Å². The number of carbonyl (C=O) groups excluding carboxylic acids is 1. The van der Waals surface area contributed by atoms with Crippen LogP contribution in [0.2, 0.25) is 5.02 Å². The number of rotatable bonds is 2. The highest BCUT2D eigenvalue weighted by molar-refractivity contribution is 6.30. The second kappa shape index (κ2) is 6.09. The van der Waals surface area contributed by atoms with E-state index in [-0.39, 0.29) is 11.8 Å². The average molecular weight is 340 g/mol. The van der Waals surface area contributed by atoms with E-state index in [1.165, 1.54) is 0 Å².